The molecule has 0 atom stereocenters. The Labute approximate surface area is 174 Å². The Balaban J connectivity index is 2.27. The molecule has 0 spiro atoms. The Bertz CT molecular complexity index is 819. The zero-order valence-electron chi connectivity index (χ0n) is 17.7. The first-order chi connectivity index (χ1) is 14.2. The summed E-state index contributed by atoms with van der Waals surface area (Å²) in [5.74, 6) is 1.65. The minimum absolute atomic E-state index is 0.124. The molecule has 0 unspecified atom stereocenters. The molecule has 3 rings (SSSR count). The summed E-state index contributed by atoms with van der Waals surface area (Å²) in [7, 11) is 3.37. The smallest absolute Gasteiger partial charge is 0.144 e. The molecule has 0 saturated carbocycles. The van der Waals surface area contributed by atoms with E-state index < -0.39 is 5.60 Å². The highest BCUT2D eigenvalue weighted by Gasteiger charge is 2.39. The average molecular weight is 391 g/mol. The monoisotopic (exact) mass is 390 g/mol. The van der Waals surface area contributed by atoms with Crippen molar-refractivity contribution in [2.75, 3.05) is 14.2 Å². The van der Waals surface area contributed by atoms with Gasteiger partial charge in [0.05, 0.1) is 20.3 Å². The highest BCUT2D eigenvalue weighted by atomic mass is 16.5. The number of hydrogen-bond acceptors (Lipinski definition) is 3. The molecule has 3 nitrogen and oxygen atoms in total. The van der Waals surface area contributed by atoms with Gasteiger partial charge >= 0.3 is 0 Å². The van der Waals surface area contributed by atoms with Gasteiger partial charge in [0.15, 0.2) is 0 Å². The predicted octanol–water partition coefficient (Wildman–Crippen LogP) is 6.20. The molecule has 0 fully saturated rings. The van der Waals surface area contributed by atoms with Gasteiger partial charge in [-0.15, -0.1) is 0 Å². The van der Waals surface area contributed by atoms with E-state index in [0.29, 0.717) is 0 Å². The third kappa shape index (κ3) is 4.30. The van der Waals surface area contributed by atoms with E-state index >= 15 is 0 Å². The first-order valence-corrected chi connectivity index (χ1v) is 10.2. The fraction of sp³-hybridized carbons (Fsp3) is 0.308. The van der Waals surface area contributed by atoms with Crippen LogP contribution >= 0.6 is 0 Å². The third-order valence-corrected chi connectivity index (χ3v) is 5.43. The van der Waals surface area contributed by atoms with Crippen molar-refractivity contribution in [3.05, 3.63) is 95.6 Å². The standard InChI is InChI=1S/C26H30O3/c1-5-23(6-2)29-26(20-10-8-7-9-11-20,21-12-16-24(27-3)17-13-21)22-14-18-25(28-4)19-15-22/h7-19,23H,5-6H2,1-4H3. The number of ether oxygens (including phenoxy) is 3. The van der Waals surface area contributed by atoms with Crippen LogP contribution in [0.5, 0.6) is 11.5 Å². The first-order valence-electron chi connectivity index (χ1n) is 10.2. The summed E-state index contributed by atoms with van der Waals surface area (Å²) in [6.45, 7) is 4.35. The molecule has 0 N–H and O–H groups in total. The van der Waals surface area contributed by atoms with Crippen molar-refractivity contribution in [1.29, 1.82) is 0 Å². The van der Waals surface area contributed by atoms with Crippen molar-refractivity contribution in [3.63, 3.8) is 0 Å². The van der Waals surface area contributed by atoms with Gasteiger partial charge in [0.25, 0.3) is 0 Å². The summed E-state index contributed by atoms with van der Waals surface area (Å²) >= 11 is 0. The molecule has 0 aliphatic carbocycles. The van der Waals surface area contributed by atoms with Gasteiger partial charge in [0.2, 0.25) is 0 Å². The number of methoxy groups -OCH3 is 2. The molecule has 0 saturated heterocycles. The van der Waals surface area contributed by atoms with Crippen LogP contribution in [0.4, 0.5) is 0 Å². The molecule has 0 aromatic heterocycles. The van der Waals surface area contributed by atoms with Crippen LogP contribution in [0.3, 0.4) is 0 Å². The second kappa shape index (κ2) is 9.62. The second-order valence-electron chi connectivity index (χ2n) is 7.06. The Morgan fingerprint density at radius 3 is 1.41 bits per heavy atom. The van der Waals surface area contributed by atoms with Gasteiger partial charge in [0, 0.05) is 0 Å². The van der Waals surface area contributed by atoms with E-state index in [1.54, 1.807) is 14.2 Å². The molecule has 0 aliphatic heterocycles. The van der Waals surface area contributed by atoms with E-state index in [9.17, 15) is 0 Å². The Morgan fingerprint density at radius 2 is 1.03 bits per heavy atom. The highest BCUT2D eigenvalue weighted by Crippen LogP contribution is 2.43. The van der Waals surface area contributed by atoms with Crippen LogP contribution in [0.25, 0.3) is 0 Å². The van der Waals surface area contributed by atoms with Gasteiger partial charge in [0.1, 0.15) is 17.1 Å². The molecular formula is C26H30O3. The van der Waals surface area contributed by atoms with Gasteiger partial charge in [-0.3, -0.25) is 0 Å². The van der Waals surface area contributed by atoms with E-state index in [2.05, 4.69) is 62.4 Å². The number of hydrogen-bond donors (Lipinski definition) is 0. The summed E-state index contributed by atoms with van der Waals surface area (Å²) in [5.41, 5.74) is 2.52. The summed E-state index contributed by atoms with van der Waals surface area (Å²) in [4.78, 5) is 0. The topological polar surface area (TPSA) is 27.7 Å². The number of rotatable bonds is 9. The maximum atomic E-state index is 6.96. The maximum Gasteiger partial charge on any atom is 0.144 e. The van der Waals surface area contributed by atoms with Crippen LogP contribution in [-0.2, 0) is 10.3 Å². The Morgan fingerprint density at radius 1 is 0.621 bits per heavy atom. The molecule has 0 bridgehead atoms. The van der Waals surface area contributed by atoms with Gasteiger partial charge < -0.3 is 14.2 Å². The van der Waals surface area contributed by atoms with Crippen molar-refractivity contribution in [3.8, 4) is 11.5 Å². The van der Waals surface area contributed by atoms with Crippen LogP contribution < -0.4 is 9.47 Å². The Kier molecular flexibility index (Phi) is 6.95. The van der Waals surface area contributed by atoms with E-state index in [-0.39, 0.29) is 6.10 Å². The molecule has 152 valence electrons. The summed E-state index contributed by atoms with van der Waals surface area (Å²) in [6, 6.07) is 26.8. The zero-order valence-corrected chi connectivity index (χ0v) is 17.7. The summed E-state index contributed by atoms with van der Waals surface area (Å²) in [5, 5.41) is 0. The fourth-order valence-corrected chi connectivity index (χ4v) is 3.73. The average Bonchev–Trinajstić information content (AvgIpc) is 2.81. The van der Waals surface area contributed by atoms with Crippen LogP contribution in [-0.4, -0.2) is 20.3 Å². The second-order valence-corrected chi connectivity index (χ2v) is 7.06. The highest BCUT2D eigenvalue weighted by molar-refractivity contribution is 5.49. The van der Waals surface area contributed by atoms with Crippen LogP contribution in [0.1, 0.15) is 43.4 Å². The van der Waals surface area contributed by atoms with Crippen molar-refractivity contribution < 1.29 is 14.2 Å². The summed E-state index contributed by atoms with van der Waals surface area (Å²) < 4.78 is 17.7. The van der Waals surface area contributed by atoms with E-state index in [4.69, 9.17) is 14.2 Å². The van der Waals surface area contributed by atoms with Crippen molar-refractivity contribution in [1.82, 2.24) is 0 Å². The lowest BCUT2D eigenvalue weighted by molar-refractivity contribution is -0.0503. The third-order valence-electron chi connectivity index (χ3n) is 5.43. The predicted molar refractivity (Wildman–Crippen MR) is 118 cm³/mol. The minimum atomic E-state index is -0.726. The molecule has 0 aliphatic rings. The van der Waals surface area contributed by atoms with Crippen molar-refractivity contribution in [2.45, 2.75) is 38.4 Å². The van der Waals surface area contributed by atoms with Gasteiger partial charge in [-0.05, 0) is 53.8 Å². The van der Waals surface area contributed by atoms with Crippen molar-refractivity contribution >= 4 is 0 Å². The Hall–Kier alpha value is -2.78. The molecule has 0 heterocycles. The largest absolute Gasteiger partial charge is 0.497 e. The fourth-order valence-electron chi connectivity index (χ4n) is 3.73. The molecule has 3 aromatic carbocycles. The molecular weight excluding hydrogens is 360 g/mol. The SMILES string of the molecule is CCC(CC)OC(c1ccccc1)(c1ccc(OC)cc1)c1ccc(OC)cc1. The maximum absolute atomic E-state index is 6.96. The lowest BCUT2D eigenvalue weighted by Crippen LogP contribution is -2.36. The molecule has 29 heavy (non-hydrogen) atoms. The van der Waals surface area contributed by atoms with Gasteiger partial charge in [-0.1, -0.05) is 68.4 Å². The molecule has 0 radical (unpaired) electrons. The van der Waals surface area contributed by atoms with E-state index in [1.165, 1.54) is 0 Å². The molecule has 3 aromatic rings. The van der Waals surface area contributed by atoms with Crippen LogP contribution in [0.15, 0.2) is 78.9 Å². The molecule has 0 amide bonds. The van der Waals surface area contributed by atoms with Gasteiger partial charge in [-0.25, -0.2) is 0 Å². The van der Waals surface area contributed by atoms with E-state index in [0.717, 1.165) is 41.0 Å². The lowest BCUT2D eigenvalue weighted by atomic mass is 9.79. The normalized spacial score (nSPS) is 11.5. The first kappa shape index (κ1) is 20.9. The van der Waals surface area contributed by atoms with E-state index in [1.807, 2.05) is 30.3 Å². The van der Waals surface area contributed by atoms with Gasteiger partial charge in [-0.2, -0.15) is 0 Å². The van der Waals surface area contributed by atoms with Crippen LogP contribution in [0, 0.1) is 0 Å². The lowest BCUT2D eigenvalue weighted by Gasteiger charge is -2.39. The molecule has 3 heteroatoms. The van der Waals surface area contributed by atoms with Crippen molar-refractivity contribution in [2.24, 2.45) is 0 Å². The van der Waals surface area contributed by atoms with Crippen LogP contribution in [0.2, 0.25) is 0 Å². The number of benzene rings is 3. The quantitative estimate of drug-likeness (QED) is 0.407. The minimum Gasteiger partial charge on any atom is -0.497 e. The summed E-state index contributed by atoms with van der Waals surface area (Å²) in [6.07, 6.45) is 2.01. The zero-order chi connectivity index (χ0) is 20.7.